The Hall–Kier alpha value is -1.51. The smallest absolute Gasteiger partial charge is 0.341 e. The van der Waals surface area contributed by atoms with E-state index in [1.807, 2.05) is 24.3 Å². The normalized spacial score (nSPS) is 12.3. The molecule has 19 heavy (non-hydrogen) atoms. The highest BCUT2D eigenvalue weighted by Crippen LogP contribution is 2.36. The van der Waals surface area contributed by atoms with Gasteiger partial charge in [-0.3, -0.25) is 0 Å². The molecule has 0 atom stereocenters. The first kappa shape index (κ1) is 15.5. The zero-order chi connectivity index (χ0) is 14.7. The summed E-state index contributed by atoms with van der Waals surface area (Å²) in [7, 11) is 0. The fraction of sp³-hybridized carbons (Fsp3) is 0.562. The largest absolute Gasteiger partial charge is 0.482 e. The molecule has 3 heteroatoms. The Morgan fingerprint density at radius 3 is 2.05 bits per heavy atom. The van der Waals surface area contributed by atoms with E-state index in [0.717, 1.165) is 6.42 Å². The van der Waals surface area contributed by atoms with Crippen molar-refractivity contribution >= 4 is 5.97 Å². The first-order chi connectivity index (χ1) is 8.60. The summed E-state index contributed by atoms with van der Waals surface area (Å²) in [5.41, 5.74) is 1.59. The van der Waals surface area contributed by atoms with Crippen molar-refractivity contribution in [2.24, 2.45) is 5.41 Å². The van der Waals surface area contributed by atoms with E-state index in [-0.39, 0.29) is 17.4 Å². The van der Waals surface area contributed by atoms with Gasteiger partial charge in [-0.25, -0.2) is 4.79 Å². The van der Waals surface area contributed by atoms with Gasteiger partial charge in [-0.2, -0.15) is 0 Å². The number of ether oxygens (including phenoxy) is 1. The van der Waals surface area contributed by atoms with Gasteiger partial charge in [-0.1, -0.05) is 46.8 Å². The van der Waals surface area contributed by atoms with Gasteiger partial charge in [-0.05, 0) is 34.9 Å². The van der Waals surface area contributed by atoms with Crippen LogP contribution in [0.5, 0.6) is 5.75 Å². The monoisotopic (exact) mass is 264 g/mol. The number of rotatable bonds is 5. The van der Waals surface area contributed by atoms with Crippen LogP contribution in [0, 0.1) is 5.41 Å². The van der Waals surface area contributed by atoms with Gasteiger partial charge in [0.25, 0.3) is 0 Å². The highest BCUT2D eigenvalue weighted by Gasteiger charge is 2.27. The third-order valence-electron chi connectivity index (χ3n) is 2.97. The van der Waals surface area contributed by atoms with Crippen molar-refractivity contribution < 1.29 is 14.6 Å². The molecule has 0 unspecified atom stereocenters. The lowest BCUT2D eigenvalue weighted by atomic mass is 9.72. The van der Waals surface area contributed by atoms with Crippen LogP contribution in [0.15, 0.2) is 24.3 Å². The molecule has 1 aromatic rings. The van der Waals surface area contributed by atoms with Gasteiger partial charge in [-0.15, -0.1) is 0 Å². The SMILES string of the molecule is CC(C)(C)CC(C)(C)c1ccc(OCC(=O)O)cc1. The van der Waals surface area contributed by atoms with Crippen LogP contribution in [0.4, 0.5) is 0 Å². The van der Waals surface area contributed by atoms with Gasteiger partial charge >= 0.3 is 5.97 Å². The topological polar surface area (TPSA) is 46.5 Å². The van der Waals surface area contributed by atoms with E-state index in [9.17, 15) is 4.79 Å². The minimum atomic E-state index is -0.961. The second kappa shape index (κ2) is 5.64. The first-order valence-corrected chi connectivity index (χ1v) is 6.55. The number of carboxylic acids is 1. The minimum Gasteiger partial charge on any atom is -0.482 e. The number of hydrogen-bond acceptors (Lipinski definition) is 2. The molecule has 0 aliphatic heterocycles. The van der Waals surface area contributed by atoms with Crippen LogP contribution in [-0.4, -0.2) is 17.7 Å². The molecule has 0 radical (unpaired) electrons. The third kappa shape index (κ3) is 5.33. The van der Waals surface area contributed by atoms with Crippen LogP contribution in [0.25, 0.3) is 0 Å². The number of benzene rings is 1. The maximum Gasteiger partial charge on any atom is 0.341 e. The molecule has 0 fully saturated rings. The lowest BCUT2D eigenvalue weighted by Crippen LogP contribution is -2.24. The minimum absolute atomic E-state index is 0.0869. The van der Waals surface area contributed by atoms with Crippen molar-refractivity contribution in [3.8, 4) is 5.75 Å². The van der Waals surface area contributed by atoms with E-state index >= 15 is 0 Å². The van der Waals surface area contributed by atoms with Gasteiger partial charge < -0.3 is 9.84 Å². The first-order valence-electron chi connectivity index (χ1n) is 6.55. The second-order valence-corrected chi connectivity index (χ2v) is 6.83. The predicted molar refractivity (Wildman–Crippen MR) is 76.7 cm³/mol. The average molecular weight is 264 g/mol. The molecule has 0 spiro atoms. The molecule has 0 saturated carbocycles. The molecular weight excluding hydrogens is 240 g/mol. The Bertz CT molecular complexity index is 424. The van der Waals surface area contributed by atoms with Gasteiger partial charge in [0.15, 0.2) is 6.61 Å². The molecule has 1 aromatic carbocycles. The molecule has 1 rings (SSSR count). The van der Waals surface area contributed by atoms with Gasteiger partial charge in [0.1, 0.15) is 5.75 Å². The molecule has 0 bridgehead atoms. The highest BCUT2D eigenvalue weighted by molar-refractivity contribution is 5.68. The summed E-state index contributed by atoms with van der Waals surface area (Å²) >= 11 is 0. The van der Waals surface area contributed by atoms with Crippen molar-refractivity contribution in [3.05, 3.63) is 29.8 Å². The van der Waals surface area contributed by atoms with Crippen LogP contribution in [0.1, 0.15) is 46.6 Å². The third-order valence-corrected chi connectivity index (χ3v) is 2.97. The molecule has 106 valence electrons. The van der Waals surface area contributed by atoms with E-state index in [0.29, 0.717) is 5.75 Å². The summed E-state index contributed by atoms with van der Waals surface area (Å²) in [6.07, 6.45) is 1.08. The lowest BCUT2D eigenvalue weighted by Gasteiger charge is -2.33. The summed E-state index contributed by atoms with van der Waals surface area (Å²) in [5, 5.41) is 8.56. The van der Waals surface area contributed by atoms with E-state index in [1.54, 1.807) is 0 Å². The fourth-order valence-electron chi connectivity index (χ4n) is 2.58. The summed E-state index contributed by atoms with van der Waals surface area (Å²) in [6, 6.07) is 7.71. The zero-order valence-corrected chi connectivity index (χ0v) is 12.5. The van der Waals surface area contributed by atoms with Crippen LogP contribution in [0.3, 0.4) is 0 Å². The molecule has 0 aliphatic rings. The summed E-state index contributed by atoms with van der Waals surface area (Å²) in [6.45, 7) is 10.9. The van der Waals surface area contributed by atoms with Crippen LogP contribution in [-0.2, 0) is 10.2 Å². The highest BCUT2D eigenvalue weighted by atomic mass is 16.5. The molecule has 0 aliphatic carbocycles. The average Bonchev–Trinajstić information content (AvgIpc) is 2.23. The lowest BCUT2D eigenvalue weighted by molar-refractivity contribution is -0.139. The van der Waals surface area contributed by atoms with Gasteiger partial charge in [0.05, 0.1) is 0 Å². The Kier molecular flexibility index (Phi) is 4.61. The molecule has 0 aromatic heterocycles. The standard InChI is InChI=1S/C16H24O3/c1-15(2,3)11-16(4,5)12-6-8-13(9-7-12)19-10-14(17)18/h6-9H,10-11H2,1-5H3,(H,17,18). The van der Waals surface area contributed by atoms with E-state index < -0.39 is 5.97 Å². The maximum atomic E-state index is 10.4. The quantitative estimate of drug-likeness (QED) is 0.878. The van der Waals surface area contributed by atoms with E-state index in [1.165, 1.54) is 5.56 Å². The van der Waals surface area contributed by atoms with Crippen molar-refractivity contribution in [3.63, 3.8) is 0 Å². The Morgan fingerprint density at radius 2 is 1.63 bits per heavy atom. The Balaban J connectivity index is 2.77. The number of aliphatic carboxylic acids is 1. The fourth-order valence-corrected chi connectivity index (χ4v) is 2.58. The summed E-state index contributed by atoms with van der Waals surface area (Å²) in [5.74, 6) is -0.366. The molecule has 0 saturated heterocycles. The Labute approximate surface area is 115 Å². The van der Waals surface area contributed by atoms with Gasteiger partial charge in [0.2, 0.25) is 0 Å². The summed E-state index contributed by atoms with van der Waals surface area (Å²) < 4.78 is 5.14. The van der Waals surface area contributed by atoms with Crippen LogP contribution >= 0.6 is 0 Å². The van der Waals surface area contributed by atoms with Crippen molar-refractivity contribution in [2.75, 3.05) is 6.61 Å². The molecule has 0 amide bonds. The van der Waals surface area contributed by atoms with Crippen molar-refractivity contribution in [1.82, 2.24) is 0 Å². The second-order valence-electron chi connectivity index (χ2n) is 6.83. The van der Waals surface area contributed by atoms with Gasteiger partial charge in [0, 0.05) is 0 Å². The van der Waals surface area contributed by atoms with Crippen LogP contribution < -0.4 is 4.74 Å². The molecular formula is C16H24O3. The molecule has 3 nitrogen and oxygen atoms in total. The van der Waals surface area contributed by atoms with Crippen molar-refractivity contribution in [2.45, 2.75) is 46.5 Å². The number of carboxylic acid groups (broad SMARTS) is 1. The van der Waals surface area contributed by atoms with Crippen LogP contribution in [0.2, 0.25) is 0 Å². The number of hydrogen-bond donors (Lipinski definition) is 1. The Morgan fingerprint density at radius 1 is 1.11 bits per heavy atom. The van der Waals surface area contributed by atoms with E-state index in [4.69, 9.17) is 9.84 Å². The molecule has 0 heterocycles. The summed E-state index contributed by atoms with van der Waals surface area (Å²) in [4.78, 5) is 10.4. The molecule has 1 N–H and O–H groups in total. The predicted octanol–water partition coefficient (Wildman–Crippen LogP) is 3.86. The zero-order valence-electron chi connectivity index (χ0n) is 12.5. The van der Waals surface area contributed by atoms with E-state index in [2.05, 4.69) is 34.6 Å². The number of carbonyl (C=O) groups is 1. The maximum absolute atomic E-state index is 10.4. The van der Waals surface area contributed by atoms with Crippen molar-refractivity contribution in [1.29, 1.82) is 0 Å².